The first-order valence-electron chi connectivity index (χ1n) is 6.22. The van der Waals surface area contributed by atoms with Crippen LogP contribution in [0, 0.1) is 0 Å². The molecule has 4 nitrogen and oxygen atoms in total. The van der Waals surface area contributed by atoms with Crippen molar-refractivity contribution >= 4 is 27.9 Å². The number of hydrogen-bond donors (Lipinski definition) is 0. The van der Waals surface area contributed by atoms with Crippen LogP contribution in [0.1, 0.15) is 15.9 Å². The SMILES string of the molecule is COC(=O)Cc1ccc(OC(=O)c2ccc(Br)cc2)cc1. The lowest BCUT2D eigenvalue weighted by atomic mass is 10.1. The van der Waals surface area contributed by atoms with Gasteiger partial charge in [-0.15, -0.1) is 0 Å². The summed E-state index contributed by atoms with van der Waals surface area (Å²) in [5.41, 5.74) is 1.27. The summed E-state index contributed by atoms with van der Waals surface area (Å²) in [5.74, 6) is -0.311. The minimum Gasteiger partial charge on any atom is -0.469 e. The lowest BCUT2D eigenvalue weighted by Gasteiger charge is -2.05. The number of halogens is 1. The highest BCUT2D eigenvalue weighted by atomic mass is 79.9. The van der Waals surface area contributed by atoms with Gasteiger partial charge in [-0.05, 0) is 42.0 Å². The maximum Gasteiger partial charge on any atom is 0.343 e. The summed E-state index contributed by atoms with van der Waals surface area (Å²) >= 11 is 3.30. The van der Waals surface area contributed by atoms with Gasteiger partial charge in [-0.3, -0.25) is 4.79 Å². The minimum absolute atomic E-state index is 0.192. The molecular formula is C16H13BrO4. The molecule has 0 saturated carbocycles. The van der Waals surface area contributed by atoms with Crippen LogP contribution >= 0.6 is 15.9 Å². The van der Waals surface area contributed by atoms with Gasteiger partial charge in [0.25, 0.3) is 0 Å². The average molecular weight is 349 g/mol. The molecular weight excluding hydrogens is 336 g/mol. The smallest absolute Gasteiger partial charge is 0.343 e. The number of hydrogen-bond acceptors (Lipinski definition) is 4. The molecule has 0 spiro atoms. The molecule has 0 bridgehead atoms. The Bertz CT molecular complexity index is 632. The predicted molar refractivity (Wildman–Crippen MR) is 81.3 cm³/mol. The first-order chi connectivity index (χ1) is 10.1. The van der Waals surface area contributed by atoms with Crippen LogP contribution in [0.4, 0.5) is 0 Å². The molecule has 0 N–H and O–H groups in total. The lowest BCUT2D eigenvalue weighted by Crippen LogP contribution is -2.08. The molecule has 0 unspecified atom stereocenters. The number of carbonyl (C=O) groups is 2. The van der Waals surface area contributed by atoms with Crippen LogP contribution in [-0.2, 0) is 16.0 Å². The Morgan fingerprint density at radius 2 is 1.62 bits per heavy atom. The van der Waals surface area contributed by atoms with E-state index in [0.29, 0.717) is 11.3 Å². The Labute approximate surface area is 130 Å². The summed E-state index contributed by atoms with van der Waals surface area (Å²) < 4.78 is 10.7. The Hall–Kier alpha value is -2.14. The van der Waals surface area contributed by atoms with Gasteiger partial charge in [-0.1, -0.05) is 28.1 Å². The number of carbonyl (C=O) groups excluding carboxylic acids is 2. The molecule has 0 saturated heterocycles. The van der Waals surface area contributed by atoms with Crippen molar-refractivity contribution in [3.63, 3.8) is 0 Å². The lowest BCUT2D eigenvalue weighted by molar-refractivity contribution is -0.139. The summed E-state index contributed by atoms with van der Waals surface area (Å²) in [6.07, 6.45) is 0.192. The zero-order valence-corrected chi connectivity index (χ0v) is 12.9. The molecule has 21 heavy (non-hydrogen) atoms. The highest BCUT2D eigenvalue weighted by Gasteiger charge is 2.09. The summed E-state index contributed by atoms with van der Waals surface area (Å²) in [4.78, 5) is 23.1. The maximum atomic E-state index is 11.9. The van der Waals surface area contributed by atoms with Crippen molar-refractivity contribution in [3.8, 4) is 5.75 Å². The van der Waals surface area contributed by atoms with Crippen molar-refractivity contribution in [1.82, 2.24) is 0 Å². The Kier molecular flexibility index (Phi) is 5.11. The third-order valence-electron chi connectivity index (χ3n) is 2.79. The molecule has 0 radical (unpaired) electrons. The number of rotatable bonds is 4. The van der Waals surface area contributed by atoms with Crippen LogP contribution < -0.4 is 4.74 Å². The Balaban J connectivity index is 2.01. The van der Waals surface area contributed by atoms with Gasteiger partial charge in [0.15, 0.2) is 0 Å². The van der Waals surface area contributed by atoms with Crippen LogP contribution in [0.2, 0.25) is 0 Å². The van der Waals surface area contributed by atoms with Gasteiger partial charge < -0.3 is 9.47 Å². The van der Waals surface area contributed by atoms with E-state index < -0.39 is 5.97 Å². The van der Waals surface area contributed by atoms with Gasteiger partial charge in [0.05, 0.1) is 19.1 Å². The number of methoxy groups -OCH3 is 1. The van der Waals surface area contributed by atoms with E-state index in [9.17, 15) is 9.59 Å². The molecule has 2 aromatic carbocycles. The molecule has 0 fully saturated rings. The third-order valence-corrected chi connectivity index (χ3v) is 3.32. The zero-order valence-electron chi connectivity index (χ0n) is 11.3. The van der Waals surface area contributed by atoms with E-state index in [1.165, 1.54) is 7.11 Å². The molecule has 0 aromatic heterocycles. The van der Waals surface area contributed by atoms with Crippen LogP contribution in [-0.4, -0.2) is 19.0 Å². The molecule has 0 amide bonds. The van der Waals surface area contributed by atoms with Crippen molar-refractivity contribution in [1.29, 1.82) is 0 Å². The molecule has 0 aliphatic rings. The van der Waals surface area contributed by atoms with Crippen molar-refractivity contribution < 1.29 is 19.1 Å². The first-order valence-corrected chi connectivity index (χ1v) is 7.01. The van der Waals surface area contributed by atoms with E-state index in [2.05, 4.69) is 20.7 Å². The fraction of sp³-hybridized carbons (Fsp3) is 0.125. The first kappa shape index (κ1) is 15.3. The van der Waals surface area contributed by atoms with Crippen molar-refractivity contribution in [2.45, 2.75) is 6.42 Å². The van der Waals surface area contributed by atoms with E-state index in [1.807, 2.05) is 0 Å². The van der Waals surface area contributed by atoms with Crippen LogP contribution in [0.5, 0.6) is 5.75 Å². The van der Waals surface area contributed by atoms with Gasteiger partial charge in [-0.2, -0.15) is 0 Å². The summed E-state index contributed by atoms with van der Waals surface area (Å²) in [7, 11) is 1.34. The standard InChI is InChI=1S/C16H13BrO4/c1-20-15(18)10-11-2-8-14(9-3-11)21-16(19)12-4-6-13(17)7-5-12/h2-9H,10H2,1H3. The monoisotopic (exact) mass is 348 g/mol. The fourth-order valence-electron chi connectivity index (χ4n) is 1.67. The minimum atomic E-state index is -0.428. The second-order valence-corrected chi connectivity index (χ2v) is 5.21. The highest BCUT2D eigenvalue weighted by molar-refractivity contribution is 9.10. The van der Waals surface area contributed by atoms with Crippen LogP contribution in [0.3, 0.4) is 0 Å². The van der Waals surface area contributed by atoms with Gasteiger partial charge in [0, 0.05) is 4.47 Å². The quantitative estimate of drug-likeness (QED) is 0.627. The largest absolute Gasteiger partial charge is 0.469 e. The van der Waals surface area contributed by atoms with Gasteiger partial charge in [-0.25, -0.2) is 4.79 Å². The average Bonchev–Trinajstić information content (AvgIpc) is 2.49. The third kappa shape index (κ3) is 4.43. The van der Waals surface area contributed by atoms with Gasteiger partial charge in [0.1, 0.15) is 5.75 Å². The molecule has 2 rings (SSSR count). The summed E-state index contributed by atoms with van der Waals surface area (Å²) in [6.45, 7) is 0. The second kappa shape index (κ2) is 7.04. The molecule has 0 aliphatic carbocycles. The van der Waals surface area contributed by atoms with E-state index in [-0.39, 0.29) is 12.4 Å². The predicted octanol–water partition coefficient (Wildman–Crippen LogP) is 3.38. The molecule has 108 valence electrons. The highest BCUT2D eigenvalue weighted by Crippen LogP contribution is 2.16. The van der Waals surface area contributed by atoms with Crippen LogP contribution in [0.15, 0.2) is 53.0 Å². The number of esters is 2. The van der Waals surface area contributed by atoms with Crippen molar-refractivity contribution in [3.05, 3.63) is 64.1 Å². The summed E-state index contributed by atoms with van der Waals surface area (Å²) in [5, 5.41) is 0. The van der Waals surface area contributed by atoms with Crippen LogP contribution in [0.25, 0.3) is 0 Å². The van der Waals surface area contributed by atoms with E-state index in [4.69, 9.17) is 4.74 Å². The molecule has 2 aromatic rings. The fourth-order valence-corrected chi connectivity index (χ4v) is 1.93. The molecule has 0 atom stereocenters. The number of ether oxygens (including phenoxy) is 2. The zero-order chi connectivity index (χ0) is 15.2. The summed E-state index contributed by atoms with van der Waals surface area (Å²) in [6, 6.07) is 13.6. The van der Waals surface area contributed by atoms with Crippen molar-refractivity contribution in [2.75, 3.05) is 7.11 Å². The van der Waals surface area contributed by atoms with Crippen molar-refractivity contribution in [2.24, 2.45) is 0 Å². The van der Waals surface area contributed by atoms with E-state index in [0.717, 1.165) is 10.0 Å². The maximum absolute atomic E-state index is 11.9. The number of benzene rings is 2. The molecule has 0 aliphatic heterocycles. The Morgan fingerprint density at radius 1 is 1.00 bits per heavy atom. The van der Waals surface area contributed by atoms with E-state index >= 15 is 0 Å². The van der Waals surface area contributed by atoms with E-state index in [1.54, 1.807) is 48.5 Å². The Morgan fingerprint density at radius 3 is 2.19 bits per heavy atom. The normalized spacial score (nSPS) is 10.0. The van der Waals surface area contributed by atoms with Gasteiger partial charge >= 0.3 is 11.9 Å². The topological polar surface area (TPSA) is 52.6 Å². The molecule has 0 heterocycles. The second-order valence-electron chi connectivity index (χ2n) is 4.29. The van der Waals surface area contributed by atoms with Gasteiger partial charge in [0.2, 0.25) is 0 Å². The molecule has 5 heteroatoms.